The summed E-state index contributed by atoms with van der Waals surface area (Å²) in [5.41, 5.74) is 4.24. The van der Waals surface area contributed by atoms with Gasteiger partial charge >= 0.3 is 0 Å². The quantitative estimate of drug-likeness (QED) is 0.399. The van der Waals surface area contributed by atoms with Crippen LogP contribution in [0.15, 0.2) is 77.3 Å². The first kappa shape index (κ1) is 20.6. The third kappa shape index (κ3) is 4.01. The molecule has 0 saturated heterocycles. The van der Waals surface area contributed by atoms with Crippen LogP contribution in [0, 0.1) is 19.7 Å². The molecule has 3 aromatic heterocycles. The molecule has 0 spiro atoms. The maximum Gasteiger partial charge on any atom is 0.252 e. The molecular formula is C26H21FN4O2. The molecule has 7 heteroatoms. The van der Waals surface area contributed by atoms with Crippen LogP contribution in [0.2, 0.25) is 0 Å². The van der Waals surface area contributed by atoms with Crippen LogP contribution in [0.5, 0.6) is 0 Å². The van der Waals surface area contributed by atoms with Gasteiger partial charge < -0.3 is 9.73 Å². The van der Waals surface area contributed by atoms with Crippen molar-refractivity contribution in [1.29, 1.82) is 0 Å². The maximum atomic E-state index is 13.3. The second kappa shape index (κ2) is 8.35. The Morgan fingerprint density at radius 1 is 1.06 bits per heavy atom. The van der Waals surface area contributed by atoms with E-state index in [2.05, 4.69) is 10.4 Å². The summed E-state index contributed by atoms with van der Waals surface area (Å²) >= 11 is 0. The van der Waals surface area contributed by atoms with Crippen molar-refractivity contribution >= 4 is 16.8 Å². The molecule has 0 aliphatic heterocycles. The number of halogens is 1. The van der Waals surface area contributed by atoms with Gasteiger partial charge in [0.05, 0.1) is 40.9 Å². The van der Waals surface area contributed by atoms with Gasteiger partial charge in [-0.15, -0.1) is 0 Å². The van der Waals surface area contributed by atoms with E-state index in [1.54, 1.807) is 29.1 Å². The highest BCUT2D eigenvalue weighted by Gasteiger charge is 2.17. The number of amides is 1. The van der Waals surface area contributed by atoms with Gasteiger partial charge in [-0.05, 0) is 62.4 Å². The van der Waals surface area contributed by atoms with Crippen LogP contribution < -0.4 is 5.32 Å². The predicted molar refractivity (Wildman–Crippen MR) is 124 cm³/mol. The Hall–Kier alpha value is -4.26. The Morgan fingerprint density at radius 3 is 2.61 bits per heavy atom. The molecule has 5 aromatic rings. The van der Waals surface area contributed by atoms with Gasteiger partial charge in [0.2, 0.25) is 0 Å². The SMILES string of the molecule is Cc1ccc(CNC(=O)c2cc(-c3cnn(-c4ccc(F)cc4)c3C)nc3ccccc23)o1. The molecule has 164 valence electrons. The molecule has 33 heavy (non-hydrogen) atoms. The van der Waals surface area contributed by atoms with Crippen molar-refractivity contribution in [2.45, 2.75) is 20.4 Å². The molecule has 0 bridgehead atoms. The number of para-hydroxylation sites is 1. The van der Waals surface area contributed by atoms with E-state index in [-0.39, 0.29) is 11.7 Å². The number of furan rings is 1. The third-order valence-electron chi connectivity index (χ3n) is 5.54. The monoisotopic (exact) mass is 440 g/mol. The number of fused-ring (bicyclic) bond motifs is 1. The van der Waals surface area contributed by atoms with E-state index in [1.165, 1.54) is 12.1 Å². The number of nitrogens with zero attached hydrogens (tertiary/aromatic N) is 3. The minimum Gasteiger partial charge on any atom is -0.465 e. The standard InChI is InChI=1S/C26H21FN4O2/c1-16-7-12-20(33-16)14-28-26(32)22-13-25(30-24-6-4-3-5-21(22)24)23-15-29-31(17(23)2)19-10-8-18(27)9-11-19/h3-13,15H,14H2,1-2H3,(H,28,32). The van der Waals surface area contributed by atoms with Crippen molar-refractivity contribution in [2.75, 3.05) is 0 Å². The van der Waals surface area contributed by atoms with Crippen LogP contribution >= 0.6 is 0 Å². The second-order valence-corrected chi connectivity index (χ2v) is 7.80. The number of aryl methyl sites for hydroxylation is 1. The predicted octanol–water partition coefficient (Wildman–Crippen LogP) is 5.37. The summed E-state index contributed by atoms with van der Waals surface area (Å²) in [5, 5.41) is 8.16. The van der Waals surface area contributed by atoms with Crippen molar-refractivity contribution in [3.8, 4) is 16.9 Å². The van der Waals surface area contributed by atoms with Crippen molar-refractivity contribution < 1.29 is 13.6 Å². The second-order valence-electron chi connectivity index (χ2n) is 7.80. The topological polar surface area (TPSA) is 73.0 Å². The molecule has 0 atom stereocenters. The fourth-order valence-electron chi connectivity index (χ4n) is 3.85. The number of benzene rings is 2. The highest BCUT2D eigenvalue weighted by atomic mass is 19.1. The molecule has 5 rings (SSSR count). The van der Waals surface area contributed by atoms with E-state index >= 15 is 0 Å². The van der Waals surface area contributed by atoms with Crippen molar-refractivity contribution in [3.05, 3.63) is 102 Å². The number of carbonyl (C=O) groups excluding carboxylic acids is 1. The fraction of sp³-hybridized carbons (Fsp3) is 0.115. The number of aromatic nitrogens is 3. The maximum absolute atomic E-state index is 13.3. The molecule has 2 aromatic carbocycles. The molecular weight excluding hydrogens is 419 g/mol. The van der Waals surface area contributed by atoms with Crippen molar-refractivity contribution in [3.63, 3.8) is 0 Å². The summed E-state index contributed by atoms with van der Waals surface area (Å²) in [7, 11) is 0. The van der Waals surface area contributed by atoms with E-state index in [9.17, 15) is 9.18 Å². The lowest BCUT2D eigenvalue weighted by atomic mass is 10.0. The molecule has 0 radical (unpaired) electrons. The minimum absolute atomic E-state index is 0.215. The molecule has 1 amide bonds. The lowest BCUT2D eigenvalue weighted by Gasteiger charge is -2.10. The Kier molecular flexibility index (Phi) is 5.22. The van der Waals surface area contributed by atoms with Crippen LogP contribution in [0.25, 0.3) is 27.8 Å². The zero-order chi connectivity index (χ0) is 22.9. The average Bonchev–Trinajstić information content (AvgIpc) is 3.42. The van der Waals surface area contributed by atoms with Crippen LogP contribution in [0.3, 0.4) is 0 Å². The fourth-order valence-corrected chi connectivity index (χ4v) is 3.85. The first-order chi connectivity index (χ1) is 16.0. The van der Waals surface area contributed by atoms with Gasteiger partial charge in [-0.25, -0.2) is 14.1 Å². The molecule has 0 unspecified atom stereocenters. The summed E-state index contributed by atoms with van der Waals surface area (Å²) in [5.74, 6) is 0.966. The van der Waals surface area contributed by atoms with E-state index in [0.717, 1.165) is 28.1 Å². The largest absolute Gasteiger partial charge is 0.465 e. The van der Waals surface area contributed by atoms with E-state index in [1.807, 2.05) is 50.2 Å². The van der Waals surface area contributed by atoms with Gasteiger partial charge in [0.25, 0.3) is 5.91 Å². The summed E-state index contributed by atoms with van der Waals surface area (Å²) in [6, 6.07) is 19.2. The molecule has 0 fully saturated rings. The number of carbonyl (C=O) groups is 1. The molecule has 0 aliphatic rings. The van der Waals surface area contributed by atoms with Gasteiger partial charge in [-0.3, -0.25) is 4.79 Å². The van der Waals surface area contributed by atoms with Crippen molar-refractivity contribution in [2.24, 2.45) is 0 Å². The lowest BCUT2D eigenvalue weighted by molar-refractivity contribution is 0.0949. The first-order valence-electron chi connectivity index (χ1n) is 10.5. The zero-order valence-electron chi connectivity index (χ0n) is 18.2. The summed E-state index contributed by atoms with van der Waals surface area (Å²) < 4.78 is 20.6. The van der Waals surface area contributed by atoms with Crippen LogP contribution in [0.4, 0.5) is 4.39 Å². The van der Waals surface area contributed by atoms with Crippen LogP contribution in [-0.4, -0.2) is 20.7 Å². The molecule has 3 heterocycles. The lowest BCUT2D eigenvalue weighted by Crippen LogP contribution is -2.23. The average molecular weight is 440 g/mol. The summed E-state index contributed by atoms with van der Waals surface area (Å²) in [6.07, 6.45) is 1.71. The number of rotatable bonds is 5. The highest BCUT2D eigenvalue weighted by molar-refractivity contribution is 6.07. The minimum atomic E-state index is -0.305. The smallest absolute Gasteiger partial charge is 0.252 e. The summed E-state index contributed by atoms with van der Waals surface area (Å²) in [6.45, 7) is 4.07. The molecule has 0 aliphatic carbocycles. The third-order valence-corrected chi connectivity index (χ3v) is 5.54. The number of pyridine rings is 1. The van der Waals surface area contributed by atoms with Gasteiger partial charge in [0.1, 0.15) is 17.3 Å². The Labute approximate surface area is 189 Å². The van der Waals surface area contributed by atoms with Crippen molar-refractivity contribution in [1.82, 2.24) is 20.1 Å². The number of nitrogens with one attached hydrogen (secondary N) is 1. The van der Waals surface area contributed by atoms with Gasteiger partial charge in [0, 0.05) is 10.9 Å². The Balaban J connectivity index is 1.53. The number of hydrogen-bond acceptors (Lipinski definition) is 4. The highest BCUT2D eigenvalue weighted by Crippen LogP contribution is 2.28. The van der Waals surface area contributed by atoms with Gasteiger partial charge in [0.15, 0.2) is 0 Å². The van der Waals surface area contributed by atoms with E-state index in [0.29, 0.717) is 29.1 Å². The van der Waals surface area contributed by atoms with Gasteiger partial charge in [-0.2, -0.15) is 5.10 Å². The van der Waals surface area contributed by atoms with E-state index in [4.69, 9.17) is 9.40 Å². The molecule has 1 N–H and O–H groups in total. The Bertz CT molecular complexity index is 1470. The Morgan fingerprint density at radius 2 is 1.85 bits per heavy atom. The molecule has 6 nitrogen and oxygen atoms in total. The zero-order valence-corrected chi connectivity index (χ0v) is 18.2. The molecule has 0 saturated carbocycles. The van der Waals surface area contributed by atoms with Crippen LogP contribution in [-0.2, 0) is 6.54 Å². The normalized spacial score (nSPS) is 11.1. The van der Waals surface area contributed by atoms with Gasteiger partial charge in [-0.1, -0.05) is 18.2 Å². The van der Waals surface area contributed by atoms with E-state index < -0.39 is 0 Å². The van der Waals surface area contributed by atoms with Crippen LogP contribution in [0.1, 0.15) is 27.6 Å². The number of hydrogen-bond donors (Lipinski definition) is 1. The summed E-state index contributed by atoms with van der Waals surface area (Å²) in [4.78, 5) is 17.9. The first-order valence-corrected chi connectivity index (χ1v) is 10.5.